The van der Waals surface area contributed by atoms with Crippen LogP contribution in [0.1, 0.15) is 59.9 Å². The molecule has 0 amide bonds. The third-order valence-electron chi connectivity index (χ3n) is 5.19. The average molecular weight is 428 g/mol. The lowest BCUT2D eigenvalue weighted by molar-refractivity contribution is 0.00578. The Morgan fingerprint density at radius 1 is 1.16 bits per heavy atom. The maximum absolute atomic E-state index is 6.01. The number of nitrogens with one attached hydrogen (secondary N) is 1. The van der Waals surface area contributed by atoms with Gasteiger partial charge in [-0.25, -0.2) is 0 Å². The maximum atomic E-state index is 6.01. The Balaban J connectivity index is 0.000000311. The van der Waals surface area contributed by atoms with Crippen LogP contribution < -0.4 is 10.8 Å². The Morgan fingerprint density at radius 2 is 1.81 bits per heavy atom. The van der Waals surface area contributed by atoms with Gasteiger partial charge in [0, 0.05) is 7.05 Å². The molecule has 0 saturated carbocycles. The first-order valence-corrected chi connectivity index (χ1v) is 11.2. The first kappa shape index (κ1) is 27.1. The summed E-state index contributed by atoms with van der Waals surface area (Å²) in [5, 5.41) is 2.93. The van der Waals surface area contributed by atoms with Gasteiger partial charge in [-0.3, -0.25) is 4.99 Å². The molecule has 0 bridgehead atoms. The normalized spacial score (nSPS) is 21.0. The predicted octanol–water partition coefficient (Wildman–Crippen LogP) is 4.67. The van der Waals surface area contributed by atoms with Gasteiger partial charge in [0.15, 0.2) is 0 Å². The second-order valence-electron chi connectivity index (χ2n) is 8.65. The van der Waals surface area contributed by atoms with Crippen molar-refractivity contribution < 1.29 is 14.0 Å². The molecule has 3 rings (SSSR count). The highest BCUT2D eigenvalue weighted by Crippen LogP contribution is 2.36. The lowest BCUT2D eigenvalue weighted by atomic mass is 9.78. The van der Waals surface area contributed by atoms with E-state index in [1.165, 1.54) is 6.42 Å². The van der Waals surface area contributed by atoms with Crippen LogP contribution in [-0.2, 0) is 20.6 Å². The summed E-state index contributed by atoms with van der Waals surface area (Å²) in [5.74, 6) is 0. The van der Waals surface area contributed by atoms with Crippen LogP contribution in [0.5, 0.6) is 0 Å². The van der Waals surface area contributed by atoms with E-state index in [2.05, 4.69) is 70.7 Å². The molecule has 172 valence electrons. The zero-order chi connectivity index (χ0) is 23.3. The first-order valence-electron chi connectivity index (χ1n) is 11.2. The molecule has 0 aromatic heterocycles. The molecule has 1 saturated heterocycles. The molecule has 6 heteroatoms. The fourth-order valence-corrected chi connectivity index (χ4v) is 2.83. The minimum absolute atomic E-state index is 0.275. The Morgan fingerprint density at radius 3 is 2.32 bits per heavy atom. The molecular formula is C25H41BN2O3. The van der Waals surface area contributed by atoms with Gasteiger partial charge in [-0.1, -0.05) is 56.7 Å². The second kappa shape index (κ2) is 13.5. The number of rotatable bonds is 5. The number of hydrogen-bond acceptors (Lipinski definition) is 5. The van der Waals surface area contributed by atoms with E-state index in [0.717, 1.165) is 24.1 Å². The summed E-state index contributed by atoms with van der Waals surface area (Å²) in [6.07, 6.45) is 10.7. The van der Waals surface area contributed by atoms with E-state index >= 15 is 0 Å². The quantitative estimate of drug-likeness (QED) is 0.421. The van der Waals surface area contributed by atoms with Gasteiger partial charge in [0.05, 0.1) is 30.5 Å². The topological polar surface area (TPSA) is 52.1 Å². The van der Waals surface area contributed by atoms with Gasteiger partial charge < -0.3 is 19.4 Å². The largest absolute Gasteiger partial charge is 0.494 e. The molecule has 5 nitrogen and oxygen atoms in total. The monoisotopic (exact) mass is 428 g/mol. The molecule has 1 unspecified atom stereocenters. The van der Waals surface area contributed by atoms with Crippen molar-refractivity contribution in [1.29, 1.82) is 0 Å². The number of hydrogen-bond donors (Lipinski definition) is 1. The summed E-state index contributed by atoms with van der Waals surface area (Å²) in [4.78, 5) is 3.90. The van der Waals surface area contributed by atoms with E-state index in [1.54, 1.807) is 0 Å². The molecule has 0 spiro atoms. The highest BCUT2D eigenvalue weighted by Gasteiger charge is 2.51. The summed E-state index contributed by atoms with van der Waals surface area (Å²) < 4.78 is 17.4. The van der Waals surface area contributed by atoms with Crippen LogP contribution in [0.15, 0.2) is 53.7 Å². The number of benzene rings is 1. The zero-order valence-electron chi connectivity index (χ0n) is 20.5. The molecule has 1 aromatic rings. The standard InChI is InChI=1S/C14H20BNO2.C8H13NO.C3H8/c1-13(2)14(3,4)18-15(17-13)12-8-6-7-11(9-12)10-16-5;1-9-6-5-8-4-2-3-7-10-8;1-3-2/h6-9H,5,10H2,1-4H3;2-3,5-6,8-9H,4,7H2,1H3;3H2,1-2H3/b;6-5+;. The van der Waals surface area contributed by atoms with Crippen molar-refractivity contribution in [3.05, 3.63) is 54.3 Å². The summed E-state index contributed by atoms with van der Waals surface area (Å²) >= 11 is 0. The van der Waals surface area contributed by atoms with Crippen LogP contribution in [0.3, 0.4) is 0 Å². The zero-order valence-corrected chi connectivity index (χ0v) is 20.5. The Labute approximate surface area is 190 Å². The summed E-state index contributed by atoms with van der Waals surface area (Å²) in [6.45, 7) is 17.4. The molecular weight excluding hydrogens is 387 g/mol. The lowest BCUT2D eigenvalue weighted by Gasteiger charge is -2.32. The Kier molecular flexibility index (Phi) is 11.8. The molecule has 2 heterocycles. The third-order valence-corrected chi connectivity index (χ3v) is 5.19. The molecule has 31 heavy (non-hydrogen) atoms. The van der Waals surface area contributed by atoms with E-state index in [4.69, 9.17) is 14.0 Å². The van der Waals surface area contributed by atoms with Gasteiger partial charge >= 0.3 is 7.12 Å². The van der Waals surface area contributed by atoms with Crippen molar-refractivity contribution in [2.24, 2.45) is 4.99 Å². The van der Waals surface area contributed by atoms with E-state index in [1.807, 2.05) is 43.6 Å². The van der Waals surface area contributed by atoms with Crippen LogP contribution in [0.25, 0.3) is 0 Å². The molecule has 1 atom stereocenters. The molecule has 2 aliphatic rings. The first-order chi connectivity index (χ1) is 14.7. The highest BCUT2D eigenvalue weighted by atomic mass is 16.7. The van der Waals surface area contributed by atoms with Crippen molar-refractivity contribution in [1.82, 2.24) is 5.32 Å². The predicted molar refractivity (Wildman–Crippen MR) is 133 cm³/mol. The number of aliphatic imine (C=N–C) groups is 1. The van der Waals surface area contributed by atoms with E-state index in [9.17, 15) is 0 Å². The van der Waals surface area contributed by atoms with E-state index in [-0.39, 0.29) is 24.4 Å². The smallest absolute Gasteiger partial charge is 0.399 e. The van der Waals surface area contributed by atoms with Crippen molar-refractivity contribution in [2.45, 2.75) is 78.2 Å². The SMILES string of the molecule is C=NCc1cccc(B2OC(C)(C)C(C)(C)O2)c1.CCC.CN/C=C/C1CC=CCO1. The van der Waals surface area contributed by atoms with Crippen LogP contribution >= 0.6 is 0 Å². The number of ether oxygens (including phenoxy) is 1. The molecule has 0 radical (unpaired) electrons. The van der Waals surface area contributed by atoms with Gasteiger partial charge in [0.2, 0.25) is 0 Å². The average Bonchev–Trinajstić information content (AvgIpc) is 2.96. The molecule has 0 aliphatic carbocycles. The summed E-state index contributed by atoms with van der Waals surface area (Å²) in [6, 6.07) is 8.12. The molecule has 1 N–H and O–H groups in total. The van der Waals surface area contributed by atoms with Gasteiger partial charge in [-0.15, -0.1) is 0 Å². The minimum atomic E-state index is -0.306. The fraction of sp³-hybridized carbons (Fsp3) is 0.560. The van der Waals surface area contributed by atoms with E-state index in [0.29, 0.717) is 6.54 Å². The van der Waals surface area contributed by atoms with Crippen LogP contribution in [0.2, 0.25) is 0 Å². The molecule has 1 fully saturated rings. The fourth-order valence-electron chi connectivity index (χ4n) is 2.83. The van der Waals surface area contributed by atoms with Crippen LogP contribution in [0.4, 0.5) is 0 Å². The van der Waals surface area contributed by atoms with Crippen molar-refractivity contribution in [3.8, 4) is 0 Å². The van der Waals surface area contributed by atoms with Gasteiger partial charge in [0.1, 0.15) is 0 Å². The third kappa shape index (κ3) is 9.02. The van der Waals surface area contributed by atoms with Crippen molar-refractivity contribution >= 4 is 19.3 Å². The summed E-state index contributed by atoms with van der Waals surface area (Å²) in [7, 11) is 1.58. The Hall–Kier alpha value is -1.89. The van der Waals surface area contributed by atoms with Gasteiger partial charge in [0.25, 0.3) is 0 Å². The molecule has 1 aromatic carbocycles. The highest BCUT2D eigenvalue weighted by molar-refractivity contribution is 6.62. The van der Waals surface area contributed by atoms with Gasteiger partial charge in [-0.05, 0) is 64.1 Å². The van der Waals surface area contributed by atoms with Gasteiger partial charge in [-0.2, -0.15) is 0 Å². The van der Waals surface area contributed by atoms with E-state index < -0.39 is 0 Å². The summed E-state index contributed by atoms with van der Waals surface area (Å²) in [5.41, 5.74) is 1.56. The minimum Gasteiger partial charge on any atom is -0.399 e. The second-order valence-corrected chi connectivity index (χ2v) is 8.65. The molecule has 2 aliphatic heterocycles. The number of nitrogens with zero attached hydrogens (tertiary/aromatic N) is 1. The maximum Gasteiger partial charge on any atom is 0.494 e. The van der Waals surface area contributed by atoms with Crippen LogP contribution in [-0.4, -0.2) is 44.8 Å². The van der Waals surface area contributed by atoms with Crippen molar-refractivity contribution in [3.63, 3.8) is 0 Å². The van der Waals surface area contributed by atoms with Crippen molar-refractivity contribution in [2.75, 3.05) is 13.7 Å². The van der Waals surface area contributed by atoms with Crippen LogP contribution in [0, 0.1) is 0 Å². The lowest BCUT2D eigenvalue weighted by Crippen LogP contribution is -2.41. The Bertz CT molecular complexity index is 700.